The molecule has 8 heteroatoms. The highest BCUT2D eigenvalue weighted by molar-refractivity contribution is 5.94. The number of furan rings is 1. The first kappa shape index (κ1) is 14.5. The molecule has 8 nitrogen and oxygen atoms in total. The van der Waals surface area contributed by atoms with E-state index in [1.54, 1.807) is 13.0 Å². The third-order valence-electron chi connectivity index (χ3n) is 2.79. The lowest BCUT2D eigenvalue weighted by Crippen LogP contribution is -2.30. The average Bonchev–Trinajstić information content (AvgIpc) is 2.93. The molecule has 0 saturated carbocycles. The predicted molar refractivity (Wildman–Crippen MR) is 72.5 cm³/mol. The van der Waals surface area contributed by atoms with E-state index in [2.05, 4.69) is 0 Å². The van der Waals surface area contributed by atoms with Crippen molar-refractivity contribution in [2.75, 3.05) is 0 Å². The SMILES string of the molecule is Cc1ccc(OCc2occc2C(=O)NN)c([N+](=O)[O-])c1. The molecule has 0 saturated heterocycles. The van der Waals surface area contributed by atoms with Crippen LogP contribution in [0.4, 0.5) is 5.69 Å². The molecule has 0 bridgehead atoms. The highest BCUT2D eigenvalue weighted by Gasteiger charge is 2.18. The maximum absolute atomic E-state index is 11.5. The van der Waals surface area contributed by atoms with E-state index in [4.69, 9.17) is 15.0 Å². The number of rotatable bonds is 5. The van der Waals surface area contributed by atoms with Crippen LogP contribution >= 0.6 is 0 Å². The number of hydrazine groups is 1. The zero-order valence-electron chi connectivity index (χ0n) is 11.2. The standard InChI is InChI=1S/C13H13N3O5/c1-8-2-3-11(10(6-8)16(18)19)21-7-12-9(4-5-20-12)13(17)15-14/h2-6H,7,14H2,1H3,(H,15,17). The Kier molecular flexibility index (Phi) is 4.19. The number of ether oxygens (including phenoxy) is 1. The Balaban J connectivity index is 2.19. The van der Waals surface area contributed by atoms with Gasteiger partial charge in [-0.05, 0) is 24.6 Å². The zero-order chi connectivity index (χ0) is 15.4. The molecule has 110 valence electrons. The molecule has 2 aromatic rings. The highest BCUT2D eigenvalue weighted by atomic mass is 16.6. The Labute approximate surface area is 119 Å². The van der Waals surface area contributed by atoms with E-state index >= 15 is 0 Å². The van der Waals surface area contributed by atoms with Gasteiger partial charge in [0.15, 0.2) is 11.5 Å². The number of nitrogens with one attached hydrogen (secondary N) is 1. The van der Waals surface area contributed by atoms with Gasteiger partial charge in [0.25, 0.3) is 5.91 Å². The number of nitro groups is 1. The summed E-state index contributed by atoms with van der Waals surface area (Å²) in [7, 11) is 0. The molecule has 21 heavy (non-hydrogen) atoms. The Morgan fingerprint density at radius 1 is 1.48 bits per heavy atom. The number of aryl methyl sites for hydroxylation is 1. The third kappa shape index (κ3) is 3.18. The number of carbonyl (C=O) groups is 1. The quantitative estimate of drug-likeness (QED) is 0.374. The molecule has 0 atom stereocenters. The second-order valence-electron chi connectivity index (χ2n) is 4.25. The summed E-state index contributed by atoms with van der Waals surface area (Å²) in [6.07, 6.45) is 1.31. The third-order valence-corrected chi connectivity index (χ3v) is 2.79. The monoisotopic (exact) mass is 291 g/mol. The van der Waals surface area contributed by atoms with Crippen molar-refractivity contribution in [2.24, 2.45) is 5.84 Å². The second-order valence-corrected chi connectivity index (χ2v) is 4.25. The van der Waals surface area contributed by atoms with Gasteiger partial charge in [0, 0.05) is 6.07 Å². The van der Waals surface area contributed by atoms with E-state index in [1.165, 1.54) is 24.5 Å². The molecule has 3 N–H and O–H groups in total. The fourth-order valence-corrected chi connectivity index (χ4v) is 1.77. The fraction of sp³-hybridized carbons (Fsp3) is 0.154. The fourth-order valence-electron chi connectivity index (χ4n) is 1.77. The Morgan fingerprint density at radius 3 is 2.90 bits per heavy atom. The minimum atomic E-state index is -0.530. The van der Waals surface area contributed by atoms with Crippen LogP contribution in [0.15, 0.2) is 34.9 Å². The van der Waals surface area contributed by atoms with Crippen LogP contribution in [-0.4, -0.2) is 10.8 Å². The van der Waals surface area contributed by atoms with E-state index in [-0.39, 0.29) is 29.4 Å². The van der Waals surface area contributed by atoms with Crippen LogP contribution in [-0.2, 0) is 6.61 Å². The van der Waals surface area contributed by atoms with Gasteiger partial charge in [-0.15, -0.1) is 0 Å². The van der Waals surface area contributed by atoms with Gasteiger partial charge in [-0.3, -0.25) is 20.3 Å². The summed E-state index contributed by atoms with van der Waals surface area (Å²) in [4.78, 5) is 21.9. The molecule has 0 aliphatic carbocycles. The van der Waals surface area contributed by atoms with Crippen LogP contribution in [0.5, 0.6) is 5.75 Å². The van der Waals surface area contributed by atoms with Crippen molar-refractivity contribution in [3.8, 4) is 5.75 Å². The van der Waals surface area contributed by atoms with Crippen molar-refractivity contribution < 1.29 is 18.9 Å². The molecule has 2 rings (SSSR count). The largest absolute Gasteiger partial charge is 0.479 e. The molecular weight excluding hydrogens is 278 g/mol. The van der Waals surface area contributed by atoms with Crippen LogP contribution in [0.2, 0.25) is 0 Å². The first-order chi connectivity index (χ1) is 10.0. The summed E-state index contributed by atoms with van der Waals surface area (Å²) in [5, 5.41) is 11.0. The van der Waals surface area contributed by atoms with Crippen LogP contribution in [0, 0.1) is 17.0 Å². The number of nitrogens with two attached hydrogens (primary N) is 1. The van der Waals surface area contributed by atoms with Crippen molar-refractivity contribution in [2.45, 2.75) is 13.5 Å². The number of hydrogen-bond acceptors (Lipinski definition) is 6. The Hall–Kier alpha value is -2.87. The van der Waals surface area contributed by atoms with E-state index in [0.29, 0.717) is 0 Å². The van der Waals surface area contributed by atoms with Crippen molar-refractivity contribution in [3.05, 3.63) is 57.5 Å². The van der Waals surface area contributed by atoms with Crippen LogP contribution in [0.1, 0.15) is 21.7 Å². The number of nitro benzene ring substituents is 1. The number of hydrogen-bond donors (Lipinski definition) is 2. The van der Waals surface area contributed by atoms with Gasteiger partial charge in [-0.1, -0.05) is 6.07 Å². The van der Waals surface area contributed by atoms with Crippen molar-refractivity contribution in [1.29, 1.82) is 0 Å². The lowest BCUT2D eigenvalue weighted by Gasteiger charge is -2.07. The summed E-state index contributed by atoms with van der Waals surface area (Å²) in [5.74, 6) is 4.85. The number of benzene rings is 1. The lowest BCUT2D eigenvalue weighted by atomic mass is 10.2. The maximum atomic E-state index is 11.5. The molecular formula is C13H13N3O5. The van der Waals surface area contributed by atoms with Gasteiger partial charge < -0.3 is 9.15 Å². The van der Waals surface area contributed by atoms with Crippen LogP contribution < -0.4 is 16.0 Å². The first-order valence-electron chi connectivity index (χ1n) is 5.98. The van der Waals surface area contributed by atoms with Crippen LogP contribution in [0.25, 0.3) is 0 Å². The van der Waals surface area contributed by atoms with E-state index < -0.39 is 10.8 Å². The Bertz CT molecular complexity index is 680. The molecule has 1 aromatic carbocycles. The number of amides is 1. The van der Waals surface area contributed by atoms with Gasteiger partial charge in [0.05, 0.1) is 16.7 Å². The van der Waals surface area contributed by atoms with Crippen molar-refractivity contribution >= 4 is 11.6 Å². The Morgan fingerprint density at radius 2 is 2.24 bits per heavy atom. The molecule has 0 aliphatic rings. The summed E-state index contributed by atoms with van der Waals surface area (Å²) < 4.78 is 10.5. The maximum Gasteiger partial charge on any atom is 0.311 e. The van der Waals surface area contributed by atoms with Gasteiger partial charge in [-0.25, -0.2) is 5.84 Å². The molecule has 1 amide bonds. The average molecular weight is 291 g/mol. The van der Waals surface area contributed by atoms with Gasteiger partial charge in [-0.2, -0.15) is 0 Å². The summed E-state index contributed by atoms with van der Waals surface area (Å²) in [6, 6.07) is 6.03. The molecule has 0 aliphatic heterocycles. The van der Waals surface area contributed by atoms with Gasteiger partial charge in [0.2, 0.25) is 0 Å². The normalized spacial score (nSPS) is 10.2. The number of nitrogen functional groups attached to an aromatic ring is 1. The first-order valence-corrected chi connectivity index (χ1v) is 5.98. The topological polar surface area (TPSA) is 121 Å². The number of carbonyl (C=O) groups excluding carboxylic acids is 1. The lowest BCUT2D eigenvalue weighted by molar-refractivity contribution is -0.386. The zero-order valence-corrected chi connectivity index (χ0v) is 11.2. The van der Waals surface area contributed by atoms with Gasteiger partial charge in [0.1, 0.15) is 6.61 Å². The highest BCUT2D eigenvalue weighted by Crippen LogP contribution is 2.28. The van der Waals surface area contributed by atoms with Crippen LogP contribution in [0.3, 0.4) is 0 Å². The smallest absolute Gasteiger partial charge is 0.311 e. The molecule has 0 radical (unpaired) electrons. The second kappa shape index (κ2) is 6.06. The van der Waals surface area contributed by atoms with Crippen molar-refractivity contribution in [1.82, 2.24) is 5.43 Å². The molecule has 0 fully saturated rings. The summed E-state index contributed by atoms with van der Waals surface area (Å²) >= 11 is 0. The van der Waals surface area contributed by atoms with E-state index in [1.807, 2.05) is 5.43 Å². The van der Waals surface area contributed by atoms with Gasteiger partial charge >= 0.3 is 5.69 Å². The number of nitrogens with zero attached hydrogens (tertiary/aromatic N) is 1. The van der Waals surface area contributed by atoms with E-state index in [9.17, 15) is 14.9 Å². The summed E-state index contributed by atoms with van der Waals surface area (Å²) in [6.45, 7) is 1.62. The minimum absolute atomic E-state index is 0.0982. The summed E-state index contributed by atoms with van der Waals surface area (Å²) in [5.41, 5.74) is 2.79. The predicted octanol–water partition coefficient (Wildman–Crippen LogP) is 1.68. The molecule has 0 unspecified atom stereocenters. The van der Waals surface area contributed by atoms with E-state index in [0.717, 1.165) is 5.56 Å². The van der Waals surface area contributed by atoms with Crippen molar-refractivity contribution in [3.63, 3.8) is 0 Å². The molecule has 1 heterocycles. The molecule has 0 spiro atoms. The molecule has 1 aromatic heterocycles. The minimum Gasteiger partial charge on any atom is -0.479 e.